The number of aromatic nitrogens is 3. The molecule has 2 aromatic carbocycles. The first kappa shape index (κ1) is 21.9. The molecule has 1 aliphatic carbocycles. The first-order chi connectivity index (χ1) is 16.7. The van der Waals surface area contributed by atoms with Crippen molar-refractivity contribution in [2.24, 2.45) is 5.92 Å². The minimum absolute atomic E-state index is 0.0211. The average Bonchev–Trinajstić information content (AvgIpc) is 3.27. The zero-order chi connectivity index (χ0) is 23.3. The largest absolute Gasteiger partial charge is 0.355 e. The molecule has 3 N–H and O–H groups in total. The minimum atomic E-state index is -0.0211. The molecule has 0 radical (unpaired) electrons. The maximum atomic E-state index is 13.0. The summed E-state index contributed by atoms with van der Waals surface area (Å²) in [7, 11) is 0. The monoisotopic (exact) mass is 451 g/mol. The number of anilines is 2. The van der Waals surface area contributed by atoms with Gasteiger partial charge in [-0.25, -0.2) is 0 Å². The van der Waals surface area contributed by atoms with Crippen molar-refractivity contribution in [3.63, 3.8) is 0 Å². The number of amides is 1. The van der Waals surface area contributed by atoms with Gasteiger partial charge in [0, 0.05) is 23.3 Å². The third-order valence-corrected chi connectivity index (χ3v) is 6.49. The molecule has 1 aliphatic rings. The van der Waals surface area contributed by atoms with Crippen LogP contribution in [0.3, 0.4) is 0 Å². The van der Waals surface area contributed by atoms with Gasteiger partial charge in [-0.2, -0.15) is 5.10 Å². The highest BCUT2D eigenvalue weighted by Gasteiger charge is 2.21. The van der Waals surface area contributed by atoms with E-state index in [-0.39, 0.29) is 11.9 Å². The first-order valence-electron chi connectivity index (χ1n) is 11.9. The fourth-order valence-electron chi connectivity index (χ4n) is 4.50. The maximum absolute atomic E-state index is 13.0. The number of fused-ring (bicyclic) bond motifs is 1. The molecule has 0 unspecified atom stereocenters. The smallest absolute Gasteiger partial charge is 0.253 e. The molecule has 5 rings (SSSR count). The molecule has 172 valence electrons. The molecule has 34 heavy (non-hydrogen) atoms. The van der Waals surface area contributed by atoms with Gasteiger partial charge in [-0.3, -0.25) is 14.9 Å². The van der Waals surface area contributed by atoms with Crippen LogP contribution >= 0.6 is 0 Å². The van der Waals surface area contributed by atoms with Crippen molar-refractivity contribution in [2.45, 2.75) is 38.6 Å². The van der Waals surface area contributed by atoms with Crippen molar-refractivity contribution >= 4 is 40.3 Å². The predicted octanol–water partition coefficient (Wildman–Crippen LogP) is 6.18. The van der Waals surface area contributed by atoms with Crippen molar-refractivity contribution in [3.05, 3.63) is 83.8 Å². The van der Waals surface area contributed by atoms with E-state index in [4.69, 9.17) is 0 Å². The van der Waals surface area contributed by atoms with Crippen molar-refractivity contribution in [1.82, 2.24) is 20.5 Å². The van der Waals surface area contributed by atoms with Gasteiger partial charge in [-0.1, -0.05) is 25.1 Å². The number of hydrogen-bond donors (Lipinski definition) is 3. The Morgan fingerprint density at radius 3 is 2.65 bits per heavy atom. The second kappa shape index (κ2) is 9.91. The molecule has 0 saturated heterocycles. The average molecular weight is 452 g/mol. The number of carbonyl (C=O) groups excluding carboxylic acids is 1. The van der Waals surface area contributed by atoms with E-state index in [0.717, 1.165) is 52.4 Å². The van der Waals surface area contributed by atoms with E-state index in [0.29, 0.717) is 5.56 Å². The third-order valence-electron chi connectivity index (χ3n) is 6.49. The van der Waals surface area contributed by atoms with Crippen molar-refractivity contribution in [3.8, 4) is 0 Å². The fourth-order valence-corrected chi connectivity index (χ4v) is 4.50. The lowest BCUT2D eigenvalue weighted by molar-refractivity contribution is 0.0924. The second-order valence-corrected chi connectivity index (χ2v) is 9.06. The van der Waals surface area contributed by atoms with E-state index in [2.05, 4.69) is 32.7 Å². The number of nitrogens with zero attached hydrogens (tertiary/aromatic N) is 2. The summed E-state index contributed by atoms with van der Waals surface area (Å²) in [6.07, 6.45) is 10.1. The van der Waals surface area contributed by atoms with E-state index in [1.165, 1.54) is 12.8 Å². The number of H-pyrrole nitrogens is 1. The Hall–Kier alpha value is -3.93. The van der Waals surface area contributed by atoms with Crippen LogP contribution in [-0.4, -0.2) is 27.1 Å². The number of benzene rings is 2. The molecule has 2 aromatic heterocycles. The lowest BCUT2D eigenvalue weighted by Crippen LogP contribution is -2.37. The first-order valence-corrected chi connectivity index (χ1v) is 11.9. The van der Waals surface area contributed by atoms with Gasteiger partial charge in [0.1, 0.15) is 0 Å². The Kier molecular flexibility index (Phi) is 6.38. The molecular formula is C28H29N5O. The molecule has 1 saturated carbocycles. The Labute approximate surface area is 199 Å². The summed E-state index contributed by atoms with van der Waals surface area (Å²) < 4.78 is 0. The van der Waals surface area contributed by atoms with E-state index >= 15 is 0 Å². The summed E-state index contributed by atoms with van der Waals surface area (Å²) in [4.78, 5) is 17.3. The van der Waals surface area contributed by atoms with Gasteiger partial charge in [-0.15, -0.1) is 0 Å². The lowest BCUT2D eigenvalue weighted by atomic mass is 9.87. The fraction of sp³-hybridized carbons (Fsp3) is 0.250. The molecule has 0 atom stereocenters. The summed E-state index contributed by atoms with van der Waals surface area (Å²) in [5, 5.41) is 15.2. The van der Waals surface area contributed by atoms with Crippen LogP contribution in [-0.2, 0) is 0 Å². The standard InChI is InChI=1S/C28H29N5O/c1-19-9-11-21(12-10-19)31-28(34)24-7-2-3-8-25(24)30-22-13-15-23-26(32-33-27(23)18-22)16-14-20-6-4-5-17-29-20/h2-8,13-19,21,30H,9-12H2,1H3,(H,31,34)(H,32,33)/b16-14+. The van der Waals surface area contributed by atoms with Gasteiger partial charge >= 0.3 is 0 Å². The normalized spacial score (nSPS) is 18.3. The summed E-state index contributed by atoms with van der Waals surface area (Å²) in [5.41, 5.74) is 5.00. The Morgan fingerprint density at radius 2 is 1.82 bits per heavy atom. The van der Waals surface area contributed by atoms with Gasteiger partial charge in [0.2, 0.25) is 0 Å². The molecule has 2 heterocycles. The quantitative estimate of drug-likeness (QED) is 0.327. The highest BCUT2D eigenvalue weighted by molar-refractivity contribution is 6.01. The molecule has 0 bridgehead atoms. The number of nitrogens with one attached hydrogen (secondary N) is 3. The zero-order valence-corrected chi connectivity index (χ0v) is 19.3. The van der Waals surface area contributed by atoms with Crippen LogP contribution in [0.1, 0.15) is 54.4 Å². The summed E-state index contributed by atoms with van der Waals surface area (Å²) in [6, 6.07) is 19.8. The van der Waals surface area contributed by atoms with Crippen molar-refractivity contribution < 1.29 is 4.79 Å². The number of carbonyl (C=O) groups is 1. The number of pyridine rings is 1. The molecule has 0 spiro atoms. The van der Waals surface area contributed by atoms with E-state index in [1.807, 2.05) is 72.8 Å². The Balaban J connectivity index is 1.32. The van der Waals surface area contributed by atoms with Gasteiger partial charge in [0.05, 0.1) is 28.2 Å². The van der Waals surface area contributed by atoms with Crippen LogP contribution in [0.2, 0.25) is 0 Å². The zero-order valence-electron chi connectivity index (χ0n) is 19.3. The predicted molar refractivity (Wildman–Crippen MR) is 138 cm³/mol. The highest BCUT2D eigenvalue weighted by Crippen LogP contribution is 2.27. The van der Waals surface area contributed by atoms with Gasteiger partial charge in [-0.05, 0) is 86.2 Å². The molecule has 4 aromatic rings. The van der Waals surface area contributed by atoms with Crippen LogP contribution in [0.4, 0.5) is 11.4 Å². The van der Waals surface area contributed by atoms with Crippen LogP contribution < -0.4 is 10.6 Å². The number of para-hydroxylation sites is 1. The lowest BCUT2D eigenvalue weighted by Gasteiger charge is -2.27. The van der Waals surface area contributed by atoms with Gasteiger partial charge in [0.15, 0.2) is 0 Å². The van der Waals surface area contributed by atoms with Crippen molar-refractivity contribution in [2.75, 3.05) is 5.32 Å². The van der Waals surface area contributed by atoms with Crippen LogP contribution in [0.15, 0.2) is 66.9 Å². The molecule has 6 heteroatoms. The maximum Gasteiger partial charge on any atom is 0.253 e. The van der Waals surface area contributed by atoms with Crippen molar-refractivity contribution in [1.29, 1.82) is 0 Å². The van der Waals surface area contributed by atoms with E-state index < -0.39 is 0 Å². The molecule has 0 aliphatic heterocycles. The second-order valence-electron chi connectivity index (χ2n) is 9.06. The topological polar surface area (TPSA) is 82.7 Å². The SMILES string of the molecule is CC1CCC(NC(=O)c2ccccc2Nc2ccc3c(/C=C/c4ccccn4)n[nH]c3c2)CC1. The Morgan fingerprint density at radius 1 is 1.00 bits per heavy atom. The highest BCUT2D eigenvalue weighted by atomic mass is 16.1. The summed E-state index contributed by atoms with van der Waals surface area (Å²) in [6.45, 7) is 2.29. The van der Waals surface area contributed by atoms with Crippen LogP contribution in [0, 0.1) is 5.92 Å². The number of aromatic amines is 1. The molecule has 1 fully saturated rings. The van der Waals surface area contributed by atoms with E-state index in [1.54, 1.807) is 6.20 Å². The number of hydrogen-bond acceptors (Lipinski definition) is 4. The summed E-state index contributed by atoms with van der Waals surface area (Å²) >= 11 is 0. The molecule has 6 nitrogen and oxygen atoms in total. The van der Waals surface area contributed by atoms with Gasteiger partial charge in [0.25, 0.3) is 5.91 Å². The van der Waals surface area contributed by atoms with E-state index in [9.17, 15) is 4.79 Å². The van der Waals surface area contributed by atoms with Crippen LogP contribution in [0.5, 0.6) is 0 Å². The van der Waals surface area contributed by atoms with Gasteiger partial charge < -0.3 is 10.6 Å². The molecular weight excluding hydrogens is 422 g/mol. The minimum Gasteiger partial charge on any atom is -0.355 e. The van der Waals surface area contributed by atoms with Crippen LogP contribution in [0.25, 0.3) is 23.1 Å². The molecule has 1 amide bonds. The third kappa shape index (κ3) is 5.01. The Bertz CT molecular complexity index is 1300. The summed E-state index contributed by atoms with van der Waals surface area (Å²) in [5.74, 6) is 0.734. The number of rotatable bonds is 6.